The highest BCUT2D eigenvalue weighted by atomic mass is 32.1. The van der Waals surface area contributed by atoms with E-state index < -0.39 is 0 Å². The smallest absolute Gasteiger partial charge is 0.123 e. The first-order valence-corrected chi connectivity index (χ1v) is 10.7. The third-order valence-corrected chi connectivity index (χ3v) is 6.18. The monoisotopic (exact) mass is 393 g/mol. The Labute approximate surface area is 171 Å². The van der Waals surface area contributed by atoms with Crippen LogP contribution in [-0.2, 0) is 13.1 Å². The van der Waals surface area contributed by atoms with Gasteiger partial charge in [-0.05, 0) is 24.6 Å². The highest BCUT2D eigenvalue weighted by Gasteiger charge is 2.18. The summed E-state index contributed by atoms with van der Waals surface area (Å²) >= 11 is 1.74. The fraction of sp³-hybridized carbons (Fsp3) is 0.348. The summed E-state index contributed by atoms with van der Waals surface area (Å²) in [6.45, 7) is 8.39. The molecule has 2 aromatic carbocycles. The maximum absolute atomic E-state index is 5.33. The van der Waals surface area contributed by atoms with Crippen molar-refractivity contribution < 1.29 is 4.74 Å². The van der Waals surface area contributed by atoms with Crippen LogP contribution in [0.25, 0.3) is 10.6 Å². The van der Waals surface area contributed by atoms with E-state index in [1.807, 2.05) is 6.07 Å². The number of ether oxygens (including phenoxy) is 1. The van der Waals surface area contributed by atoms with Crippen molar-refractivity contribution in [2.75, 3.05) is 33.3 Å². The van der Waals surface area contributed by atoms with Crippen LogP contribution in [0.3, 0.4) is 0 Å². The summed E-state index contributed by atoms with van der Waals surface area (Å²) in [5.74, 6) is 0.934. The molecular weight excluding hydrogens is 366 g/mol. The number of piperazine rings is 1. The van der Waals surface area contributed by atoms with Gasteiger partial charge in [-0.3, -0.25) is 9.80 Å². The van der Waals surface area contributed by atoms with Crippen LogP contribution in [0.15, 0.2) is 53.9 Å². The standard InChI is InChI=1S/C23H27N3OS/c1-18-6-8-20(9-7-18)23-24-21(17-28-23)16-26-12-10-25(11-13-26)15-19-4-3-5-22(14-19)27-2/h3-9,14,17H,10-13,15-16H2,1-2H3. The number of rotatable bonds is 6. The molecule has 0 unspecified atom stereocenters. The predicted molar refractivity (Wildman–Crippen MR) is 116 cm³/mol. The Balaban J connectivity index is 1.29. The van der Waals surface area contributed by atoms with Crippen molar-refractivity contribution in [1.82, 2.24) is 14.8 Å². The number of benzene rings is 2. The minimum Gasteiger partial charge on any atom is -0.497 e. The first kappa shape index (κ1) is 19.1. The Kier molecular flexibility index (Phi) is 6.05. The number of aryl methyl sites for hydroxylation is 1. The summed E-state index contributed by atoms with van der Waals surface area (Å²) in [6.07, 6.45) is 0. The van der Waals surface area contributed by atoms with Gasteiger partial charge in [-0.1, -0.05) is 42.0 Å². The van der Waals surface area contributed by atoms with Crippen molar-refractivity contribution in [1.29, 1.82) is 0 Å². The first-order chi connectivity index (χ1) is 13.7. The largest absolute Gasteiger partial charge is 0.497 e. The SMILES string of the molecule is COc1cccc(CN2CCN(Cc3csc(-c4ccc(C)cc4)n3)CC2)c1. The Morgan fingerprint density at radius 2 is 1.68 bits per heavy atom. The molecule has 0 bridgehead atoms. The van der Waals surface area contributed by atoms with Crippen molar-refractivity contribution in [2.24, 2.45) is 0 Å². The van der Waals surface area contributed by atoms with Gasteiger partial charge in [-0.15, -0.1) is 11.3 Å². The van der Waals surface area contributed by atoms with E-state index in [2.05, 4.69) is 64.6 Å². The second-order valence-corrected chi connectivity index (χ2v) is 8.27. The number of thiazole rings is 1. The van der Waals surface area contributed by atoms with Gasteiger partial charge < -0.3 is 4.74 Å². The van der Waals surface area contributed by atoms with E-state index in [4.69, 9.17) is 9.72 Å². The molecule has 28 heavy (non-hydrogen) atoms. The molecule has 4 rings (SSSR count). The highest BCUT2D eigenvalue weighted by Crippen LogP contribution is 2.25. The zero-order valence-corrected chi connectivity index (χ0v) is 17.4. The Morgan fingerprint density at radius 1 is 0.964 bits per heavy atom. The van der Waals surface area contributed by atoms with Crippen LogP contribution in [-0.4, -0.2) is 48.1 Å². The third-order valence-electron chi connectivity index (χ3n) is 5.24. The number of hydrogen-bond donors (Lipinski definition) is 0. The zero-order valence-electron chi connectivity index (χ0n) is 16.6. The lowest BCUT2D eigenvalue weighted by atomic mass is 10.2. The quantitative estimate of drug-likeness (QED) is 0.619. The summed E-state index contributed by atoms with van der Waals surface area (Å²) < 4.78 is 5.33. The molecule has 1 aliphatic rings. The zero-order chi connectivity index (χ0) is 19.3. The van der Waals surface area contributed by atoms with Crippen LogP contribution < -0.4 is 4.74 Å². The molecule has 0 spiro atoms. The van der Waals surface area contributed by atoms with E-state index in [0.29, 0.717) is 0 Å². The van der Waals surface area contributed by atoms with Crippen molar-refractivity contribution in [3.8, 4) is 16.3 Å². The van der Waals surface area contributed by atoms with Crippen LogP contribution in [0.4, 0.5) is 0 Å². The molecule has 0 N–H and O–H groups in total. The lowest BCUT2D eigenvalue weighted by Crippen LogP contribution is -2.45. The molecule has 0 aliphatic carbocycles. The highest BCUT2D eigenvalue weighted by molar-refractivity contribution is 7.13. The van der Waals surface area contributed by atoms with Gasteiger partial charge in [-0.25, -0.2) is 4.98 Å². The van der Waals surface area contributed by atoms with E-state index in [9.17, 15) is 0 Å². The van der Waals surface area contributed by atoms with E-state index in [1.54, 1.807) is 18.4 Å². The van der Waals surface area contributed by atoms with Gasteiger partial charge >= 0.3 is 0 Å². The van der Waals surface area contributed by atoms with Crippen molar-refractivity contribution in [2.45, 2.75) is 20.0 Å². The number of nitrogens with zero attached hydrogens (tertiary/aromatic N) is 3. The molecule has 146 valence electrons. The van der Waals surface area contributed by atoms with Crippen molar-refractivity contribution in [3.05, 3.63) is 70.7 Å². The fourth-order valence-corrected chi connectivity index (χ4v) is 4.39. The molecule has 1 fully saturated rings. The maximum Gasteiger partial charge on any atom is 0.123 e. The minimum absolute atomic E-state index is 0.934. The molecule has 1 saturated heterocycles. The van der Waals surface area contributed by atoms with Crippen LogP contribution >= 0.6 is 11.3 Å². The molecular formula is C23H27N3OS. The summed E-state index contributed by atoms with van der Waals surface area (Å²) in [4.78, 5) is 9.89. The van der Waals surface area contributed by atoms with Crippen molar-refractivity contribution in [3.63, 3.8) is 0 Å². The number of hydrogen-bond acceptors (Lipinski definition) is 5. The predicted octanol–water partition coefficient (Wildman–Crippen LogP) is 4.44. The van der Waals surface area contributed by atoms with E-state index >= 15 is 0 Å². The second kappa shape index (κ2) is 8.86. The average Bonchev–Trinajstić information content (AvgIpc) is 3.19. The number of methoxy groups -OCH3 is 1. The van der Waals surface area contributed by atoms with Gasteiger partial charge in [0.15, 0.2) is 0 Å². The Hall–Kier alpha value is -2.21. The van der Waals surface area contributed by atoms with Crippen LogP contribution in [0.2, 0.25) is 0 Å². The van der Waals surface area contributed by atoms with Gasteiger partial charge in [0, 0.05) is 50.2 Å². The van der Waals surface area contributed by atoms with Crippen LogP contribution in [0.1, 0.15) is 16.8 Å². The van der Waals surface area contributed by atoms with Gasteiger partial charge in [0.05, 0.1) is 12.8 Å². The topological polar surface area (TPSA) is 28.6 Å². The summed E-state index contributed by atoms with van der Waals surface area (Å²) in [7, 11) is 1.72. The molecule has 0 radical (unpaired) electrons. The minimum atomic E-state index is 0.934. The van der Waals surface area contributed by atoms with Crippen LogP contribution in [0, 0.1) is 6.92 Å². The molecule has 3 aromatic rings. The van der Waals surface area contributed by atoms with Gasteiger partial charge in [0.2, 0.25) is 0 Å². The molecule has 1 aromatic heterocycles. The molecule has 0 saturated carbocycles. The summed E-state index contributed by atoms with van der Waals surface area (Å²) in [5.41, 5.74) is 4.99. The van der Waals surface area contributed by atoms with E-state index in [1.165, 1.54) is 22.4 Å². The first-order valence-electron chi connectivity index (χ1n) is 9.79. The van der Waals surface area contributed by atoms with Crippen LogP contribution in [0.5, 0.6) is 5.75 Å². The second-order valence-electron chi connectivity index (χ2n) is 7.41. The lowest BCUT2D eigenvalue weighted by Gasteiger charge is -2.34. The number of aromatic nitrogens is 1. The molecule has 5 heteroatoms. The van der Waals surface area contributed by atoms with Crippen molar-refractivity contribution >= 4 is 11.3 Å². The molecule has 1 aliphatic heterocycles. The Morgan fingerprint density at radius 3 is 2.39 bits per heavy atom. The molecule has 0 amide bonds. The summed E-state index contributed by atoms with van der Waals surface area (Å²) in [5, 5.41) is 3.32. The normalized spacial score (nSPS) is 15.6. The lowest BCUT2D eigenvalue weighted by molar-refractivity contribution is 0.121. The Bertz CT molecular complexity index is 898. The summed E-state index contributed by atoms with van der Waals surface area (Å²) in [6, 6.07) is 17.0. The molecule has 0 atom stereocenters. The fourth-order valence-electron chi connectivity index (χ4n) is 3.57. The average molecular weight is 394 g/mol. The van der Waals surface area contributed by atoms with Gasteiger partial charge in [-0.2, -0.15) is 0 Å². The molecule has 2 heterocycles. The maximum atomic E-state index is 5.33. The van der Waals surface area contributed by atoms with Gasteiger partial charge in [0.1, 0.15) is 10.8 Å². The van der Waals surface area contributed by atoms with E-state index in [0.717, 1.165) is 50.0 Å². The third kappa shape index (κ3) is 4.79. The molecule has 4 nitrogen and oxygen atoms in total. The van der Waals surface area contributed by atoms with Gasteiger partial charge in [0.25, 0.3) is 0 Å². The van der Waals surface area contributed by atoms with E-state index in [-0.39, 0.29) is 0 Å².